The lowest BCUT2D eigenvalue weighted by molar-refractivity contribution is 0.0948. The summed E-state index contributed by atoms with van der Waals surface area (Å²) in [6.45, 7) is 4.59. The van der Waals surface area contributed by atoms with E-state index in [1.54, 1.807) is 11.7 Å². The molecule has 0 radical (unpaired) electrons. The van der Waals surface area contributed by atoms with E-state index in [1.165, 1.54) is 0 Å². The monoisotopic (exact) mass is 350 g/mol. The van der Waals surface area contributed by atoms with Crippen LogP contribution in [0.2, 0.25) is 0 Å². The maximum Gasteiger partial charge on any atom is 0.264 e. The fourth-order valence-corrected chi connectivity index (χ4v) is 3.16. The molecule has 0 saturated heterocycles. The molecular formula is C21H22N2O3. The number of aryl methyl sites for hydroxylation is 2. The molecule has 1 aromatic heterocycles. The topological polar surface area (TPSA) is 60.3 Å². The number of para-hydroxylation sites is 1. The molecular weight excluding hydrogens is 328 g/mol. The van der Waals surface area contributed by atoms with Crippen LogP contribution in [-0.2, 0) is 13.1 Å². The second kappa shape index (κ2) is 7.44. The van der Waals surface area contributed by atoms with Crippen molar-refractivity contribution in [2.75, 3.05) is 7.11 Å². The number of methoxy groups -OCH3 is 1. The Balaban J connectivity index is 1.93. The molecule has 0 bridgehead atoms. The highest BCUT2D eigenvalue weighted by Gasteiger charge is 2.19. The molecule has 0 aliphatic carbocycles. The van der Waals surface area contributed by atoms with Crippen LogP contribution in [0.4, 0.5) is 0 Å². The molecule has 0 aliphatic rings. The first-order valence-corrected chi connectivity index (χ1v) is 8.60. The van der Waals surface area contributed by atoms with Gasteiger partial charge in [-0.3, -0.25) is 9.59 Å². The highest BCUT2D eigenvalue weighted by Crippen LogP contribution is 2.19. The largest absolute Gasteiger partial charge is 0.497 e. The molecule has 0 aliphatic heterocycles. The van der Waals surface area contributed by atoms with Crippen LogP contribution in [-0.4, -0.2) is 17.6 Å². The van der Waals surface area contributed by atoms with Gasteiger partial charge in [0.05, 0.1) is 12.6 Å². The summed E-state index contributed by atoms with van der Waals surface area (Å²) < 4.78 is 6.77. The molecule has 2 aromatic carbocycles. The fraction of sp³-hybridized carbons (Fsp3) is 0.238. The van der Waals surface area contributed by atoms with Crippen molar-refractivity contribution in [2.24, 2.45) is 0 Å². The Morgan fingerprint density at radius 3 is 2.46 bits per heavy atom. The second-order valence-electron chi connectivity index (χ2n) is 6.10. The molecule has 1 N–H and O–H groups in total. The number of hydrogen-bond acceptors (Lipinski definition) is 3. The zero-order valence-electron chi connectivity index (χ0n) is 15.2. The first-order chi connectivity index (χ1) is 12.6. The van der Waals surface area contributed by atoms with E-state index in [9.17, 15) is 9.59 Å². The number of nitrogens with zero attached hydrogens (tertiary/aromatic N) is 1. The lowest BCUT2D eigenvalue weighted by atomic mass is 10.0. The standard InChI is InChI=1S/C21H22N2O3/c1-4-23-18-8-6-5-7-17(18)14(2)19(21(23)25)20(24)22-13-15-9-11-16(26-3)12-10-15/h5-12H,4,13H2,1-3H3,(H,22,24). The van der Waals surface area contributed by atoms with Crippen LogP contribution in [0.15, 0.2) is 53.3 Å². The number of carbonyl (C=O) groups is 1. The van der Waals surface area contributed by atoms with Crippen molar-refractivity contribution in [2.45, 2.75) is 26.9 Å². The number of amides is 1. The van der Waals surface area contributed by atoms with Crippen LogP contribution in [0.25, 0.3) is 10.9 Å². The lowest BCUT2D eigenvalue weighted by Crippen LogP contribution is -2.34. The third kappa shape index (κ3) is 3.20. The van der Waals surface area contributed by atoms with Crippen LogP contribution in [0.5, 0.6) is 5.75 Å². The Bertz CT molecular complexity index is 1000. The Morgan fingerprint density at radius 1 is 1.12 bits per heavy atom. The SMILES string of the molecule is CCn1c(=O)c(C(=O)NCc2ccc(OC)cc2)c(C)c2ccccc21. The van der Waals surface area contributed by atoms with Gasteiger partial charge in [-0.2, -0.15) is 0 Å². The number of rotatable bonds is 5. The molecule has 0 unspecified atom stereocenters. The minimum absolute atomic E-state index is 0.207. The maximum absolute atomic E-state index is 12.9. The smallest absolute Gasteiger partial charge is 0.264 e. The first-order valence-electron chi connectivity index (χ1n) is 8.60. The van der Waals surface area contributed by atoms with E-state index < -0.39 is 0 Å². The molecule has 0 fully saturated rings. The average Bonchev–Trinajstić information content (AvgIpc) is 2.67. The summed E-state index contributed by atoms with van der Waals surface area (Å²) in [6.07, 6.45) is 0. The molecule has 0 saturated carbocycles. The minimum atomic E-state index is -0.351. The van der Waals surface area contributed by atoms with Crippen molar-refractivity contribution in [3.8, 4) is 5.75 Å². The van der Waals surface area contributed by atoms with E-state index in [-0.39, 0.29) is 17.0 Å². The molecule has 5 nitrogen and oxygen atoms in total. The summed E-state index contributed by atoms with van der Waals surface area (Å²) in [5.74, 6) is 0.410. The van der Waals surface area contributed by atoms with Crippen molar-refractivity contribution < 1.29 is 9.53 Å². The van der Waals surface area contributed by atoms with E-state index >= 15 is 0 Å². The van der Waals surface area contributed by atoms with Gasteiger partial charge in [-0.1, -0.05) is 30.3 Å². The van der Waals surface area contributed by atoms with Gasteiger partial charge in [-0.05, 0) is 43.2 Å². The molecule has 134 valence electrons. The highest BCUT2D eigenvalue weighted by molar-refractivity contribution is 6.00. The molecule has 1 amide bonds. The number of benzene rings is 2. The third-order valence-corrected chi connectivity index (χ3v) is 4.59. The summed E-state index contributed by atoms with van der Waals surface area (Å²) >= 11 is 0. The van der Waals surface area contributed by atoms with Gasteiger partial charge in [0.1, 0.15) is 11.3 Å². The predicted molar refractivity (Wildman–Crippen MR) is 103 cm³/mol. The van der Waals surface area contributed by atoms with E-state index in [1.807, 2.05) is 62.4 Å². The third-order valence-electron chi connectivity index (χ3n) is 4.59. The molecule has 1 heterocycles. The Morgan fingerprint density at radius 2 is 1.81 bits per heavy atom. The number of ether oxygens (including phenoxy) is 1. The van der Waals surface area contributed by atoms with Crippen molar-refractivity contribution in [1.82, 2.24) is 9.88 Å². The predicted octanol–water partition coefficient (Wildman–Crippen LogP) is 3.27. The van der Waals surface area contributed by atoms with Crippen LogP contribution < -0.4 is 15.6 Å². The zero-order valence-corrected chi connectivity index (χ0v) is 15.2. The fourth-order valence-electron chi connectivity index (χ4n) is 3.16. The summed E-state index contributed by atoms with van der Waals surface area (Å²) in [4.78, 5) is 25.6. The maximum atomic E-state index is 12.9. The lowest BCUT2D eigenvalue weighted by Gasteiger charge is -2.14. The summed E-state index contributed by atoms with van der Waals surface area (Å²) in [5, 5.41) is 3.78. The number of carbonyl (C=O) groups excluding carboxylic acids is 1. The van der Waals surface area contributed by atoms with Crippen LogP contribution in [0, 0.1) is 6.92 Å². The number of aromatic nitrogens is 1. The Labute approximate surface area is 152 Å². The summed E-state index contributed by atoms with van der Waals surface area (Å²) in [7, 11) is 1.61. The quantitative estimate of drug-likeness (QED) is 0.768. The van der Waals surface area contributed by atoms with Gasteiger partial charge in [0, 0.05) is 18.5 Å². The molecule has 3 aromatic rings. The van der Waals surface area contributed by atoms with Crippen LogP contribution in [0.1, 0.15) is 28.4 Å². The van der Waals surface area contributed by atoms with Crippen molar-refractivity contribution in [3.05, 3.63) is 75.6 Å². The van der Waals surface area contributed by atoms with Gasteiger partial charge in [0.15, 0.2) is 0 Å². The molecule has 3 rings (SSSR count). The number of pyridine rings is 1. The normalized spacial score (nSPS) is 10.7. The molecule has 5 heteroatoms. The number of fused-ring (bicyclic) bond motifs is 1. The van der Waals surface area contributed by atoms with Crippen molar-refractivity contribution in [3.63, 3.8) is 0 Å². The summed E-state index contributed by atoms with van der Waals surface area (Å²) in [5.41, 5.74) is 2.45. The van der Waals surface area contributed by atoms with E-state index in [0.29, 0.717) is 18.7 Å². The van der Waals surface area contributed by atoms with E-state index in [4.69, 9.17) is 4.74 Å². The van der Waals surface area contributed by atoms with Gasteiger partial charge in [0.25, 0.3) is 11.5 Å². The molecule has 0 atom stereocenters. The van der Waals surface area contributed by atoms with Crippen LogP contribution in [0.3, 0.4) is 0 Å². The van der Waals surface area contributed by atoms with Gasteiger partial charge in [-0.25, -0.2) is 0 Å². The van der Waals surface area contributed by atoms with Crippen LogP contribution >= 0.6 is 0 Å². The van der Waals surface area contributed by atoms with Gasteiger partial charge in [-0.15, -0.1) is 0 Å². The van der Waals surface area contributed by atoms with Gasteiger partial charge < -0.3 is 14.6 Å². The summed E-state index contributed by atoms with van der Waals surface area (Å²) in [6, 6.07) is 15.1. The highest BCUT2D eigenvalue weighted by atomic mass is 16.5. The van der Waals surface area contributed by atoms with Gasteiger partial charge >= 0.3 is 0 Å². The van der Waals surface area contributed by atoms with Gasteiger partial charge in [0.2, 0.25) is 0 Å². The molecule has 0 spiro atoms. The second-order valence-corrected chi connectivity index (χ2v) is 6.10. The average molecular weight is 350 g/mol. The van der Waals surface area contributed by atoms with E-state index in [2.05, 4.69) is 5.32 Å². The Kier molecular flexibility index (Phi) is 5.07. The molecule has 26 heavy (non-hydrogen) atoms. The van der Waals surface area contributed by atoms with Crippen molar-refractivity contribution in [1.29, 1.82) is 0 Å². The Hall–Kier alpha value is -3.08. The zero-order chi connectivity index (χ0) is 18.7. The van der Waals surface area contributed by atoms with Crippen molar-refractivity contribution >= 4 is 16.8 Å². The van der Waals surface area contributed by atoms with E-state index in [0.717, 1.165) is 22.2 Å². The number of hydrogen-bond donors (Lipinski definition) is 1. The minimum Gasteiger partial charge on any atom is -0.497 e. The number of nitrogens with one attached hydrogen (secondary N) is 1. The first kappa shape index (κ1) is 17.7.